The standard InChI is InChI=1S/C18H29NO/c1-3-15-10-12-16(13-11-15)18(19-2)14-20-17-8-6-4-5-7-9-17/h10-13,17-19H,3-9,14H2,1-2H3. The van der Waals surface area contributed by atoms with Gasteiger partial charge in [0.1, 0.15) is 0 Å². The third-order valence-electron chi connectivity index (χ3n) is 4.44. The van der Waals surface area contributed by atoms with Gasteiger partial charge in [-0.15, -0.1) is 0 Å². The maximum atomic E-state index is 6.16. The number of aryl methyl sites for hydroxylation is 1. The molecule has 0 saturated heterocycles. The molecule has 2 heteroatoms. The number of likely N-dealkylation sites (N-methyl/N-ethyl adjacent to an activating group) is 1. The summed E-state index contributed by atoms with van der Waals surface area (Å²) in [4.78, 5) is 0. The lowest BCUT2D eigenvalue weighted by Gasteiger charge is -2.21. The van der Waals surface area contributed by atoms with Crippen molar-refractivity contribution in [3.8, 4) is 0 Å². The van der Waals surface area contributed by atoms with Gasteiger partial charge in [0.25, 0.3) is 0 Å². The van der Waals surface area contributed by atoms with Crippen LogP contribution in [-0.4, -0.2) is 19.8 Å². The predicted octanol–water partition coefficient (Wildman–Crippen LogP) is 4.25. The summed E-state index contributed by atoms with van der Waals surface area (Å²) in [5, 5.41) is 3.39. The zero-order chi connectivity index (χ0) is 14.2. The van der Waals surface area contributed by atoms with E-state index in [0.29, 0.717) is 12.1 Å². The molecule has 1 aliphatic rings. The van der Waals surface area contributed by atoms with Crippen LogP contribution in [0.25, 0.3) is 0 Å². The molecule has 1 atom stereocenters. The Morgan fingerprint density at radius 2 is 1.75 bits per heavy atom. The molecule has 2 nitrogen and oxygen atoms in total. The van der Waals surface area contributed by atoms with Crippen LogP contribution >= 0.6 is 0 Å². The maximum Gasteiger partial charge on any atom is 0.0665 e. The molecule has 1 saturated carbocycles. The van der Waals surface area contributed by atoms with Gasteiger partial charge in [0.2, 0.25) is 0 Å². The quantitative estimate of drug-likeness (QED) is 0.784. The van der Waals surface area contributed by atoms with Gasteiger partial charge in [-0.05, 0) is 37.4 Å². The first-order valence-corrected chi connectivity index (χ1v) is 8.21. The normalized spacial score (nSPS) is 18.7. The van der Waals surface area contributed by atoms with Gasteiger partial charge in [-0.2, -0.15) is 0 Å². The SMILES string of the molecule is CCc1ccc(C(COC2CCCCCC2)NC)cc1. The minimum absolute atomic E-state index is 0.309. The minimum Gasteiger partial charge on any atom is -0.376 e. The van der Waals surface area contributed by atoms with E-state index in [1.807, 2.05) is 7.05 Å². The van der Waals surface area contributed by atoms with Crippen molar-refractivity contribution in [1.82, 2.24) is 5.32 Å². The van der Waals surface area contributed by atoms with Crippen LogP contribution in [0.5, 0.6) is 0 Å². The first-order valence-electron chi connectivity index (χ1n) is 8.21. The molecule has 0 aromatic heterocycles. The summed E-state index contributed by atoms with van der Waals surface area (Å²) in [5.41, 5.74) is 2.73. The smallest absolute Gasteiger partial charge is 0.0665 e. The third kappa shape index (κ3) is 4.60. The van der Waals surface area contributed by atoms with Crippen LogP contribution in [-0.2, 0) is 11.2 Å². The van der Waals surface area contributed by atoms with Gasteiger partial charge in [-0.3, -0.25) is 0 Å². The van der Waals surface area contributed by atoms with E-state index in [4.69, 9.17) is 4.74 Å². The van der Waals surface area contributed by atoms with E-state index in [0.717, 1.165) is 13.0 Å². The van der Waals surface area contributed by atoms with Crippen molar-refractivity contribution in [2.45, 2.75) is 64.0 Å². The van der Waals surface area contributed by atoms with Crippen LogP contribution in [0.4, 0.5) is 0 Å². The second kappa shape index (κ2) is 8.43. The number of benzene rings is 1. The molecule has 1 unspecified atom stereocenters. The van der Waals surface area contributed by atoms with E-state index in [-0.39, 0.29) is 0 Å². The Labute approximate surface area is 123 Å². The average Bonchev–Trinajstić information content (AvgIpc) is 2.77. The number of hydrogen-bond acceptors (Lipinski definition) is 2. The first-order chi connectivity index (χ1) is 9.83. The van der Waals surface area contributed by atoms with Gasteiger partial charge in [-0.1, -0.05) is 56.9 Å². The van der Waals surface area contributed by atoms with Crippen LogP contribution in [0, 0.1) is 0 Å². The second-order valence-electron chi connectivity index (χ2n) is 5.88. The summed E-state index contributed by atoms with van der Waals surface area (Å²) < 4.78 is 6.16. The van der Waals surface area contributed by atoms with Crippen LogP contribution in [0.1, 0.15) is 62.6 Å². The highest BCUT2D eigenvalue weighted by Crippen LogP contribution is 2.22. The summed E-state index contributed by atoms with van der Waals surface area (Å²) in [6.45, 7) is 2.98. The molecule has 1 N–H and O–H groups in total. The molecule has 0 spiro atoms. The fourth-order valence-electron chi connectivity index (χ4n) is 2.97. The predicted molar refractivity (Wildman–Crippen MR) is 85.1 cm³/mol. The zero-order valence-corrected chi connectivity index (χ0v) is 13.0. The van der Waals surface area contributed by atoms with Crippen LogP contribution < -0.4 is 5.32 Å². The van der Waals surface area contributed by atoms with Gasteiger partial charge in [-0.25, -0.2) is 0 Å². The van der Waals surface area contributed by atoms with Crippen molar-refractivity contribution in [3.05, 3.63) is 35.4 Å². The summed E-state index contributed by atoms with van der Waals surface area (Å²) in [5.74, 6) is 0. The maximum absolute atomic E-state index is 6.16. The first kappa shape index (κ1) is 15.5. The van der Waals surface area contributed by atoms with Crippen molar-refractivity contribution < 1.29 is 4.74 Å². The molecule has 0 heterocycles. The van der Waals surface area contributed by atoms with Crippen molar-refractivity contribution in [2.24, 2.45) is 0 Å². The summed E-state index contributed by atoms with van der Waals surface area (Å²) in [6.07, 6.45) is 9.49. The van der Waals surface area contributed by atoms with Crippen molar-refractivity contribution in [3.63, 3.8) is 0 Å². The summed E-state index contributed by atoms with van der Waals surface area (Å²) >= 11 is 0. The average molecular weight is 275 g/mol. The Bertz CT molecular complexity index is 366. The minimum atomic E-state index is 0.309. The van der Waals surface area contributed by atoms with Crippen molar-refractivity contribution >= 4 is 0 Å². The lowest BCUT2D eigenvalue weighted by molar-refractivity contribution is 0.0300. The van der Waals surface area contributed by atoms with Crippen molar-refractivity contribution in [2.75, 3.05) is 13.7 Å². The van der Waals surface area contributed by atoms with E-state index < -0.39 is 0 Å². The van der Waals surface area contributed by atoms with Crippen LogP contribution in [0.2, 0.25) is 0 Å². The molecule has 0 radical (unpaired) electrons. The highest BCUT2D eigenvalue weighted by Gasteiger charge is 2.16. The molecule has 112 valence electrons. The Balaban J connectivity index is 1.87. The third-order valence-corrected chi connectivity index (χ3v) is 4.44. The number of rotatable bonds is 6. The summed E-state index contributed by atoms with van der Waals surface area (Å²) in [6, 6.07) is 9.23. The highest BCUT2D eigenvalue weighted by molar-refractivity contribution is 5.25. The largest absolute Gasteiger partial charge is 0.376 e. The molecule has 0 aliphatic heterocycles. The topological polar surface area (TPSA) is 21.3 Å². The van der Waals surface area contributed by atoms with E-state index in [1.54, 1.807) is 0 Å². The fourth-order valence-corrected chi connectivity index (χ4v) is 2.97. The Kier molecular flexibility index (Phi) is 6.55. The molecule has 0 amide bonds. The van der Waals surface area contributed by atoms with E-state index in [1.165, 1.54) is 49.7 Å². The van der Waals surface area contributed by atoms with E-state index in [2.05, 4.69) is 36.5 Å². The van der Waals surface area contributed by atoms with E-state index in [9.17, 15) is 0 Å². The molecule has 1 aliphatic carbocycles. The monoisotopic (exact) mass is 275 g/mol. The van der Waals surface area contributed by atoms with Crippen molar-refractivity contribution in [1.29, 1.82) is 0 Å². The van der Waals surface area contributed by atoms with Crippen LogP contribution in [0.3, 0.4) is 0 Å². The lowest BCUT2D eigenvalue weighted by Crippen LogP contribution is -2.25. The Morgan fingerprint density at radius 3 is 2.30 bits per heavy atom. The molecule has 1 aromatic carbocycles. The van der Waals surface area contributed by atoms with Gasteiger partial charge < -0.3 is 10.1 Å². The molecular weight excluding hydrogens is 246 g/mol. The molecule has 0 bridgehead atoms. The van der Waals surface area contributed by atoms with Gasteiger partial charge in [0.15, 0.2) is 0 Å². The second-order valence-corrected chi connectivity index (χ2v) is 5.88. The molecule has 20 heavy (non-hydrogen) atoms. The van der Waals surface area contributed by atoms with Gasteiger partial charge >= 0.3 is 0 Å². The van der Waals surface area contributed by atoms with Crippen LogP contribution in [0.15, 0.2) is 24.3 Å². The Morgan fingerprint density at radius 1 is 1.10 bits per heavy atom. The number of hydrogen-bond donors (Lipinski definition) is 1. The Hall–Kier alpha value is -0.860. The molecule has 1 aromatic rings. The summed E-state index contributed by atoms with van der Waals surface area (Å²) in [7, 11) is 2.02. The zero-order valence-electron chi connectivity index (χ0n) is 13.0. The number of nitrogens with one attached hydrogen (secondary N) is 1. The highest BCUT2D eigenvalue weighted by atomic mass is 16.5. The van der Waals surface area contributed by atoms with E-state index >= 15 is 0 Å². The lowest BCUT2D eigenvalue weighted by atomic mass is 10.0. The van der Waals surface area contributed by atoms with Gasteiger partial charge in [0, 0.05) is 0 Å². The fraction of sp³-hybridized carbons (Fsp3) is 0.667. The number of ether oxygens (including phenoxy) is 1. The molecular formula is C18H29NO. The van der Waals surface area contributed by atoms with Gasteiger partial charge in [0.05, 0.1) is 18.8 Å². The molecule has 1 fully saturated rings. The molecule has 2 rings (SSSR count).